The summed E-state index contributed by atoms with van der Waals surface area (Å²) in [5.41, 5.74) is 1.32. The minimum absolute atomic E-state index is 0.651. The number of methoxy groups -OCH3 is 1. The molecule has 2 rings (SSSR count). The zero-order chi connectivity index (χ0) is 13.0. The van der Waals surface area contributed by atoms with Crippen molar-refractivity contribution in [2.75, 3.05) is 27.2 Å². The highest BCUT2D eigenvalue weighted by Crippen LogP contribution is 2.18. The Morgan fingerprint density at radius 1 is 1.44 bits per heavy atom. The van der Waals surface area contributed by atoms with Crippen LogP contribution in [0.4, 0.5) is 0 Å². The molecular weight excluding hydrogens is 224 g/mol. The Kier molecular flexibility index (Phi) is 4.61. The third kappa shape index (κ3) is 3.47. The molecule has 1 aliphatic rings. The van der Waals surface area contributed by atoms with E-state index >= 15 is 0 Å². The second-order valence-electron chi connectivity index (χ2n) is 5.34. The summed E-state index contributed by atoms with van der Waals surface area (Å²) in [6.45, 7) is 5.60. The summed E-state index contributed by atoms with van der Waals surface area (Å²) in [4.78, 5) is 2.41. The molecule has 0 aliphatic carbocycles. The molecule has 1 heterocycles. The van der Waals surface area contributed by atoms with Crippen LogP contribution < -0.4 is 10.1 Å². The lowest BCUT2D eigenvalue weighted by Crippen LogP contribution is -2.32. The summed E-state index contributed by atoms with van der Waals surface area (Å²) in [5, 5.41) is 3.51. The second kappa shape index (κ2) is 6.21. The van der Waals surface area contributed by atoms with E-state index in [1.165, 1.54) is 18.5 Å². The van der Waals surface area contributed by atoms with Crippen LogP contribution in [0, 0.1) is 5.92 Å². The highest BCUT2D eigenvalue weighted by atomic mass is 16.5. The Labute approximate surface area is 110 Å². The van der Waals surface area contributed by atoms with Crippen molar-refractivity contribution in [3.05, 3.63) is 29.8 Å². The van der Waals surface area contributed by atoms with Crippen molar-refractivity contribution in [3.63, 3.8) is 0 Å². The molecule has 100 valence electrons. The number of benzene rings is 1. The molecule has 0 spiro atoms. The van der Waals surface area contributed by atoms with Crippen LogP contribution in [0.1, 0.15) is 18.9 Å². The van der Waals surface area contributed by atoms with Crippen molar-refractivity contribution < 1.29 is 4.74 Å². The van der Waals surface area contributed by atoms with Crippen LogP contribution in [0.25, 0.3) is 0 Å². The molecule has 1 N–H and O–H groups in total. The third-order valence-electron chi connectivity index (χ3n) is 3.82. The molecule has 0 amide bonds. The fraction of sp³-hybridized carbons (Fsp3) is 0.600. The summed E-state index contributed by atoms with van der Waals surface area (Å²) in [6, 6.07) is 8.98. The summed E-state index contributed by atoms with van der Waals surface area (Å²) in [6.07, 6.45) is 1.30. The lowest BCUT2D eigenvalue weighted by atomic mass is 10.0. The van der Waals surface area contributed by atoms with Crippen molar-refractivity contribution in [2.24, 2.45) is 5.92 Å². The molecule has 1 saturated heterocycles. The van der Waals surface area contributed by atoms with E-state index in [-0.39, 0.29) is 0 Å². The van der Waals surface area contributed by atoms with Gasteiger partial charge in [0, 0.05) is 19.1 Å². The number of nitrogens with one attached hydrogen (secondary N) is 1. The van der Waals surface area contributed by atoms with Gasteiger partial charge in [0.25, 0.3) is 0 Å². The highest BCUT2D eigenvalue weighted by molar-refractivity contribution is 5.28. The lowest BCUT2D eigenvalue weighted by molar-refractivity contribution is 0.259. The van der Waals surface area contributed by atoms with Gasteiger partial charge in [-0.05, 0) is 50.6 Å². The van der Waals surface area contributed by atoms with Gasteiger partial charge in [0.05, 0.1) is 7.11 Å². The fourth-order valence-electron chi connectivity index (χ4n) is 2.71. The number of hydrogen-bond donors (Lipinski definition) is 1. The first kappa shape index (κ1) is 13.4. The van der Waals surface area contributed by atoms with Gasteiger partial charge in [-0.2, -0.15) is 0 Å². The van der Waals surface area contributed by atoms with E-state index < -0.39 is 0 Å². The standard InChI is InChI=1S/C15H24N2O/c1-12-14(7-8-16-12)11-17(2)10-13-5-4-6-15(9-13)18-3/h4-6,9,12,14,16H,7-8,10-11H2,1-3H3. The first-order valence-electron chi connectivity index (χ1n) is 6.74. The zero-order valence-electron chi connectivity index (χ0n) is 11.6. The van der Waals surface area contributed by atoms with E-state index in [1.807, 2.05) is 6.07 Å². The van der Waals surface area contributed by atoms with E-state index in [2.05, 4.69) is 42.4 Å². The Bertz CT molecular complexity index is 381. The van der Waals surface area contributed by atoms with Gasteiger partial charge in [-0.3, -0.25) is 0 Å². The molecule has 0 bridgehead atoms. The molecule has 3 heteroatoms. The molecule has 3 nitrogen and oxygen atoms in total. The molecule has 1 fully saturated rings. The van der Waals surface area contributed by atoms with Gasteiger partial charge in [0.1, 0.15) is 5.75 Å². The van der Waals surface area contributed by atoms with E-state index in [9.17, 15) is 0 Å². The maximum Gasteiger partial charge on any atom is 0.119 e. The van der Waals surface area contributed by atoms with E-state index in [0.29, 0.717) is 6.04 Å². The zero-order valence-corrected chi connectivity index (χ0v) is 11.6. The lowest BCUT2D eigenvalue weighted by Gasteiger charge is -2.23. The maximum atomic E-state index is 5.26. The predicted octanol–water partition coefficient (Wildman–Crippen LogP) is 2.12. The van der Waals surface area contributed by atoms with Gasteiger partial charge in [0.15, 0.2) is 0 Å². The monoisotopic (exact) mass is 248 g/mol. The van der Waals surface area contributed by atoms with Gasteiger partial charge in [-0.1, -0.05) is 12.1 Å². The average Bonchev–Trinajstić information content (AvgIpc) is 2.75. The highest BCUT2D eigenvalue weighted by Gasteiger charge is 2.23. The van der Waals surface area contributed by atoms with Crippen molar-refractivity contribution >= 4 is 0 Å². The molecule has 0 saturated carbocycles. The SMILES string of the molecule is COc1cccc(CN(C)CC2CCNC2C)c1. The summed E-state index contributed by atoms with van der Waals surface area (Å²) >= 11 is 0. The molecule has 1 aliphatic heterocycles. The van der Waals surface area contributed by atoms with Gasteiger partial charge in [-0.25, -0.2) is 0 Å². The minimum atomic E-state index is 0.651. The average molecular weight is 248 g/mol. The minimum Gasteiger partial charge on any atom is -0.497 e. The van der Waals surface area contributed by atoms with Crippen molar-refractivity contribution in [2.45, 2.75) is 25.9 Å². The largest absolute Gasteiger partial charge is 0.497 e. The first-order chi connectivity index (χ1) is 8.69. The van der Waals surface area contributed by atoms with Crippen LogP contribution in [-0.2, 0) is 6.54 Å². The smallest absolute Gasteiger partial charge is 0.119 e. The van der Waals surface area contributed by atoms with Crippen LogP contribution in [-0.4, -0.2) is 38.2 Å². The van der Waals surface area contributed by atoms with Gasteiger partial charge in [-0.15, -0.1) is 0 Å². The van der Waals surface area contributed by atoms with E-state index in [4.69, 9.17) is 4.74 Å². The normalized spacial score (nSPS) is 23.6. The van der Waals surface area contributed by atoms with Crippen molar-refractivity contribution in [3.8, 4) is 5.75 Å². The topological polar surface area (TPSA) is 24.5 Å². The summed E-state index contributed by atoms with van der Waals surface area (Å²) in [7, 11) is 3.92. The maximum absolute atomic E-state index is 5.26. The molecular formula is C15H24N2O. The fourth-order valence-corrected chi connectivity index (χ4v) is 2.71. The summed E-state index contributed by atoms with van der Waals surface area (Å²) < 4.78 is 5.26. The first-order valence-corrected chi connectivity index (χ1v) is 6.74. The van der Waals surface area contributed by atoms with Crippen LogP contribution >= 0.6 is 0 Å². The quantitative estimate of drug-likeness (QED) is 0.864. The van der Waals surface area contributed by atoms with E-state index in [0.717, 1.165) is 24.8 Å². The van der Waals surface area contributed by atoms with Crippen LogP contribution in [0.2, 0.25) is 0 Å². The Morgan fingerprint density at radius 3 is 2.94 bits per heavy atom. The molecule has 18 heavy (non-hydrogen) atoms. The molecule has 1 aromatic carbocycles. The van der Waals surface area contributed by atoms with Crippen LogP contribution in [0.3, 0.4) is 0 Å². The Balaban J connectivity index is 1.88. The number of ether oxygens (including phenoxy) is 1. The number of rotatable bonds is 5. The van der Waals surface area contributed by atoms with Gasteiger partial charge >= 0.3 is 0 Å². The Hall–Kier alpha value is -1.06. The molecule has 2 unspecified atom stereocenters. The summed E-state index contributed by atoms with van der Waals surface area (Å²) in [5.74, 6) is 1.72. The van der Waals surface area contributed by atoms with Crippen molar-refractivity contribution in [1.82, 2.24) is 10.2 Å². The molecule has 0 radical (unpaired) electrons. The second-order valence-corrected chi connectivity index (χ2v) is 5.34. The van der Waals surface area contributed by atoms with Gasteiger partial charge < -0.3 is 15.0 Å². The number of nitrogens with zero attached hydrogens (tertiary/aromatic N) is 1. The molecule has 0 aromatic heterocycles. The number of hydrogen-bond acceptors (Lipinski definition) is 3. The van der Waals surface area contributed by atoms with Crippen LogP contribution in [0.15, 0.2) is 24.3 Å². The molecule has 2 atom stereocenters. The van der Waals surface area contributed by atoms with Gasteiger partial charge in [0.2, 0.25) is 0 Å². The molecule has 1 aromatic rings. The predicted molar refractivity (Wildman–Crippen MR) is 74.9 cm³/mol. The third-order valence-corrected chi connectivity index (χ3v) is 3.82. The van der Waals surface area contributed by atoms with Crippen molar-refractivity contribution in [1.29, 1.82) is 0 Å². The van der Waals surface area contributed by atoms with Crippen LogP contribution in [0.5, 0.6) is 5.75 Å². The Morgan fingerprint density at radius 2 is 2.28 bits per heavy atom. The van der Waals surface area contributed by atoms with E-state index in [1.54, 1.807) is 7.11 Å².